The monoisotopic (exact) mass is 245 g/mol. The first-order chi connectivity index (χ1) is 8.51. The van der Waals surface area contributed by atoms with Crippen LogP contribution >= 0.6 is 0 Å². The first-order valence-electron chi connectivity index (χ1n) is 5.62. The van der Waals surface area contributed by atoms with Crippen molar-refractivity contribution in [3.63, 3.8) is 0 Å². The molecule has 1 heterocycles. The summed E-state index contributed by atoms with van der Waals surface area (Å²) in [5.74, 6) is 0.488. The molecule has 0 saturated carbocycles. The number of nitrogens with zero attached hydrogens (tertiary/aromatic N) is 2. The fourth-order valence-corrected chi connectivity index (χ4v) is 2.13. The molecule has 5 heteroatoms. The van der Waals surface area contributed by atoms with Crippen LogP contribution in [0, 0.1) is 20.8 Å². The molecule has 2 rings (SSSR count). The van der Waals surface area contributed by atoms with Gasteiger partial charge < -0.3 is 4.74 Å². The Balaban J connectivity index is 2.69. The Morgan fingerprint density at radius 3 is 2.28 bits per heavy atom. The molecule has 1 N–H and O–H groups in total. The predicted molar refractivity (Wildman–Crippen MR) is 68.9 cm³/mol. The molecule has 0 spiro atoms. The van der Waals surface area contributed by atoms with Gasteiger partial charge in [0.2, 0.25) is 0 Å². The minimum atomic E-state index is -0.462. The van der Waals surface area contributed by atoms with Crippen LogP contribution in [-0.2, 0) is 0 Å². The highest BCUT2D eigenvalue weighted by molar-refractivity contribution is 5.65. The summed E-state index contributed by atoms with van der Waals surface area (Å²) in [6.45, 7) is 6.01. The van der Waals surface area contributed by atoms with Crippen molar-refractivity contribution in [1.29, 1.82) is 0 Å². The van der Waals surface area contributed by atoms with Gasteiger partial charge in [0.15, 0.2) is 0 Å². The van der Waals surface area contributed by atoms with Crippen molar-refractivity contribution < 1.29 is 4.74 Å². The van der Waals surface area contributed by atoms with Gasteiger partial charge in [0.05, 0.1) is 7.11 Å². The third-order valence-corrected chi connectivity index (χ3v) is 2.73. The summed E-state index contributed by atoms with van der Waals surface area (Å²) in [6, 6.07) is 4.18. The maximum absolute atomic E-state index is 11.4. The standard InChI is InChI=1S/C13H15N3O2/c1-7-5-8(2)10(9(3)6-7)11-14-12(17)16-13(15-11)18-4/h5-6H,1-4H3,(H,14,15,16,17). The van der Waals surface area contributed by atoms with E-state index in [1.165, 1.54) is 12.7 Å². The third-order valence-electron chi connectivity index (χ3n) is 2.73. The number of H-pyrrole nitrogens is 1. The van der Waals surface area contributed by atoms with E-state index in [9.17, 15) is 4.79 Å². The van der Waals surface area contributed by atoms with Crippen molar-refractivity contribution >= 4 is 0 Å². The van der Waals surface area contributed by atoms with Crippen LogP contribution in [0.5, 0.6) is 6.01 Å². The van der Waals surface area contributed by atoms with Crippen LogP contribution in [0.25, 0.3) is 11.4 Å². The van der Waals surface area contributed by atoms with Crippen LogP contribution in [-0.4, -0.2) is 22.1 Å². The van der Waals surface area contributed by atoms with Gasteiger partial charge in [0.25, 0.3) is 0 Å². The highest BCUT2D eigenvalue weighted by atomic mass is 16.5. The first kappa shape index (κ1) is 12.3. The molecule has 0 atom stereocenters. The maximum atomic E-state index is 11.4. The van der Waals surface area contributed by atoms with E-state index in [-0.39, 0.29) is 6.01 Å². The lowest BCUT2D eigenvalue weighted by Gasteiger charge is -2.10. The molecule has 0 radical (unpaired) electrons. The van der Waals surface area contributed by atoms with Gasteiger partial charge in [-0.1, -0.05) is 17.7 Å². The van der Waals surface area contributed by atoms with Gasteiger partial charge >= 0.3 is 11.7 Å². The van der Waals surface area contributed by atoms with Gasteiger partial charge in [-0.05, 0) is 31.9 Å². The van der Waals surface area contributed by atoms with Crippen molar-refractivity contribution in [2.24, 2.45) is 0 Å². The average Bonchev–Trinajstić information content (AvgIpc) is 2.26. The van der Waals surface area contributed by atoms with Crippen LogP contribution < -0.4 is 10.4 Å². The molecule has 94 valence electrons. The number of hydrogen-bond donors (Lipinski definition) is 1. The van der Waals surface area contributed by atoms with E-state index >= 15 is 0 Å². The molecular weight excluding hydrogens is 230 g/mol. The van der Waals surface area contributed by atoms with Crippen LogP contribution in [0.4, 0.5) is 0 Å². The zero-order valence-electron chi connectivity index (χ0n) is 10.9. The number of ether oxygens (including phenoxy) is 1. The molecule has 5 nitrogen and oxygen atoms in total. The number of benzene rings is 1. The van der Waals surface area contributed by atoms with Crippen molar-refractivity contribution in [3.05, 3.63) is 39.3 Å². The smallest absolute Gasteiger partial charge is 0.351 e. The molecule has 0 saturated heterocycles. The molecule has 18 heavy (non-hydrogen) atoms. The van der Waals surface area contributed by atoms with Gasteiger partial charge in [-0.3, -0.25) is 4.98 Å². The summed E-state index contributed by atoms with van der Waals surface area (Å²) in [4.78, 5) is 21.9. The average molecular weight is 245 g/mol. The summed E-state index contributed by atoms with van der Waals surface area (Å²) >= 11 is 0. The fraction of sp³-hybridized carbons (Fsp3) is 0.308. The quantitative estimate of drug-likeness (QED) is 0.875. The Hall–Kier alpha value is -2.17. The molecule has 2 aromatic rings. The van der Waals surface area contributed by atoms with Crippen LogP contribution in [0.2, 0.25) is 0 Å². The molecule has 0 amide bonds. The third kappa shape index (κ3) is 2.25. The molecule has 0 unspecified atom stereocenters. The fourth-order valence-electron chi connectivity index (χ4n) is 2.13. The lowest BCUT2D eigenvalue weighted by molar-refractivity contribution is 0.377. The first-order valence-corrected chi connectivity index (χ1v) is 5.62. The van der Waals surface area contributed by atoms with Gasteiger partial charge in [-0.2, -0.15) is 4.98 Å². The Kier molecular flexibility index (Phi) is 3.14. The summed E-state index contributed by atoms with van der Waals surface area (Å²) < 4.78 is 4.92. The number of aromatic amines is 1. The topological polar surface area (TPSA) is 67.9 Å². The van der Waals surface area contributed by atoms with Crippen molar-refractivity contribution in [2.45, 2.75) is 20.8 Å². The van der Waals surface area contributed by atoms with Crippen molar-refractivity contribution in [1.82, 2.24) is 15.0 Å². The highest BCUT2D eigenvalue weighted by Crippen LogP contribution is 2.25. The minimum Gasteiger partial charge on any atom is -0.467 e. The predicted octanol–water partition coefficient (Wildman–Crippen LogP) is 1.77. The van der Waals surface area contributed by atoms with Crippen LogP contribution in [0.3, 0.4) is 0 Å². The Morgan fingerprint density at radius 1 is 1.11 bits per heavy atom. The second-order valence-corrected chi connectivity index (χ2v) is 4.26. The van der Waals surface area contributed by atoms with Gasteiger partial charge in [-0.25, -0.2) is 4.79 Å². The van der Waals surface area contributed by atoms with Gasteiger partial charge in [0, 0.05) is 5.56 Å². The van der Waals surface area contributed by atoms with E-state index in [0.717, 1.165) is 16.7 Å². The summed E-state index contributed by atoms with van der Waals surface area (Å²) in [6.07, 6.45) is 0. The molecule has 0 aliphatic rings. The molecule has 0 aliphatic heterocycles. The second-order valence-electron chi connectivity index (χ2n) is 4.26. The molecule has 0 aliphatic carbocycles. The van der Waals surface area contributed by atoms with E-state index in [1.807, 2.05) is 20.8 Å². The van der Waals surface area contributed by atoms with Gasteiger partial charge in [0.1, 0.15) is 5.82 Å². The Labute approximate surface area is 105 Å². The molecule has 1 aromatic heterocycles. The number of nitrogens with one attached hydrogen (secondary N) is 1. The Bertz CT molecular complexity index is 624. The van der Waals surface area contributed by atoms with E-state index in [4.69, 9.17) is 4.74 Å². The van der Waals surface area contributed by atoms with E-state index in [1.54, 1.807) is 0 Å². The minimum absolute atomic E-state index is 0.0770. The van der Waals surface area contributed by atoms with E-state index in [2.05, 4.69) is 27.1 Å². The van der Waals surface area contributed by atoms with Crippen molar-refractivity contribution in [3.8, 4) is 17.4 Å². The van der Waals surface area contributed by atoms with Crippen LogP contribution in [0.15, 0.2) is 16.9 Å². The summed E-state index contributed by atoms with van der Waals surface area (Å²) in [5.41, 5.74) is 3.75. The number of hydrogen-bond acceptors (Lipinski definition) is 4. The van der Waals surface area contributed by atoms with E-state index < -0.39 is 5.69 Å². The molecular formula is C13H15N3O2. The van der Waals surface area contributed by atoms with Crippen molar-refractivity contribution in [2.75, 3.05) is 7.11 Å². The van der Waals surface area contributed by atoms with Gasteiger partial charge in [-0.15, -0.1) is 4.98 Å². The highest BCUT2D eigenvalue weighted by Gasteiger charge is 2.11. The largest absolute Gasteiger partial charge is 0.467 e. The number of methoxy groups -OCH3 is 1. The maximum Gasteiger partial charge on any atom is 0.351 e. The SMILES string of the molecule is COc1nc(-c2c(C)cc(C)cc2C)[nH]c(=O)n1. The molecule has 0 bridgehead atoms. The zero-order chi connectivity index (χ0) is 13.3. The summed E-state index contributed by atoms with van der Waals surface area (Å²) in [5, 5.41) is 0. The van der Waals surface area contributed by atoms with E-state index in [0.29, 0.717) is 5.82 Å². The molecule has 0 fully saturated rings. The normalized spacial score (nSPS) is 10.4. The number of aromatic nitrogens is 3. The Morgan fingerprint density at radius 2 is 1.72 bits per heavy atom. The molecule has 1 aromatic carbocycles. The summed E-state index contributed by atoms with van der Waals surface area (Å²) in [7, 11) is 1.44. The second kappa shape index (κ2) is 4.60. The van der Waals surface area contributed by atoms with Crippen LogP contribution in [0.1, 0.15) is 16.7 Å². The lowest BCUT2D eigenvalue weighted by Crippen LogP contribution is -2.15. The lowest BCUT2D eigenvalue weighted by atomic mass is 9.99. The number of aryl methyl sites for hydroxylation is 3. The number of rotatable bonds is 2. The zero-order valence-corrected chi connectivity index (χ0v) is 10.9.